The highest BCUT2D eigenvalue weighted by molar-refractivity contribution is 5.25. The van der Waals surface area contributed by atoms with E-state index in [1.807, 2.05) is 0 Å². The Morgan fingerprint density at radius 3 is 2.69 bits per heavy atom. The van der Waals surface area contributed by atoms with E-state index >= 15 is 0 Å². The summed E-state index contributed by atoms with van der Waals surface area (Å²) >= 11 is 0. The number of methoxy groups -OCH3 is 1. The Morgan fingerprint density at radius 2 is 2.15 bits per heavy atom. The van der Waals surface area contributed by atoms with Gasteiger partial charge in [-0.2, -0.15) is 0 Å². The predicted molar refractivity (Wildman–Crippen MR) is 41.8 cm³/mol. The molecule has 0 fully saturated rings. The number of hydrogen-bond donors (Lipinski definition) is 1. The SMILES string of the molecule is COc1cncc(C(O)C(F)F)c1. The van der Waals surface area contributed by atoms with Crippen LogP contribution in [0, 0.1) is 0 Å². The summed E-state index contributed by atoms with van der Waals surface area (Å²) in [6, 6.07) is 1.32. The van der Waals surface area contributed by atoms with E-state index < -0.39 is 12.5 Å². The lowest BCUT2D eigenvalue weighted by molar-refractivity contribution is -0.00606. The van der Waals surface area contributed by atoms with Gasteiger partial charge in [0.2, 0.25) is 0 Å². The van der Waals surface area contributed by atoms with Gasteiger partial charge >= 0.3 is 0 Å². The minimum Gasteiger partial charge on any atom is -0.495 e. The molecular formula is C8H9F2NO2. The Morgan fingerprint density at radius 1 is 1.46 bits per heavy atom. The summed E-state index contributed by atoms with van der Waals surface area (Å²) in [6.07, 6.45) is -2.06. The number of rotatable bonds is 3. The summed E-state index contributed by atoms with van der Waals surface area (Å²) in [6.45, 7) is 0. The normalized spacial score (nSPS) is 13.0. The first-order valence-electron chi connectivity index (χ1n) is 3.60. The third kappa shape index (κ3) is 2.35. The monoisotopic (exact) mass is 189 g/mol. The van der Waals surface area contributed by atoms with Gasteiger partial charge in [0.15, 0.2) is 0 Å². The minimum atomic E-state index is -2.81. The zero-order valence-electron chi connectivity index (χ0n) is 6.95. The molecule has 0 spiro atoms. The molecule has 1 atom stereocenters. The second-order valence-electron chi connectivity index (χ2n) is 2.44. The number of nitrogens with zero attached hydrogens (tertiary/aromatic N) is 1. The van der Waals surface area contributed by atoms with Crippen LogP contribution in [0.15, 0.2) is 18.5 Å². The van der Waals surface area contributed by atoms with Crippen LogP contribution in [-0.4, -0.2) is 23.6 Å². The number of halogens is 2. The van der Waals surface area contributed by atoms with Gasteiger partial charge in [0, 0.05) is 11.8 Å². The topological polar surface area (TPSA) is 42.4 Å². The van der Waals surface area contributed by atoms with E-state index in [2.05, 4.69) is 4.98 Å². The molecule has 1 N–H and O–H groups in total. The molecule has 0 bridgehead atoms. The van der Waals surface area contributed by atoms with E-state index in [9.17, 15) is 8.78 Å². The van der Waals surface area contributed by atoms with Crippen molar-refractivity contribution in [1.29, 1.82) is 0 Å². The van der Waals surface area contributed by atoms with Crippen molar-refractivity contribution < 1.29 is 18.6 Å². The summed E-state index contributed by atoms with van der Waals surface area (Å²) in [5.41, 5.74) is 0.0503. The van der Waals surface area contributed by atoms with E-state index in [-0.39, 0.29) is 5.56 Å². The Kier molecular flexibility index (Phi) is 3.13. The average molecular weight is 189 g/mol. The summed E-state index contributed by atoms with van der Waals surface area (Å²) in [4.78, 5) is 3.64. The van der Waals surface area contributed by atoms with E-state index in [0.29, 0.717) is 5.75 Å². The van der Waals surface area contributed by atoms with Gasteiger partial charge in [0.25, 0.3) is 6.43 Å². The van der Waals surface area contributed by atoms with Crippen molar-refractivity contribution in [2.75, 3.05) is 7.11 Å². The molecule has 0 aliphatic heterocycles. The smallest absolute Gasteiger partial charge is 0.268 e. The summed E-state index contributed by atoms with van der Waals surface area (Å²) < 4.78 is 28.8. The Bertz CT molecular complexity index is 281. The van der Waals surface area contributed by atoms with Crippen molar-refractivity contribution in [3.05, 3.63) is 24.0 Å². The molecule has 0 amide bonds. The third-order valence-electron chi connectivity index (χ3n) is 1.55. The number of alkyl halides is 2. The van der Waals surface area contributed by atoms with Crippen molar-refractivity contribution in [3.63, 3.8) is 0 Å². The fourth-order valence-electron chi connectivity index (χ4n) is 0.854. The number of aliphatic hydroxyl groups is 1. The molecular weight excluding hydrogens is 180 g/mol. The van der Waals surface area contributed by atoms with E-state index in [1.54, 1.807) is 0 Å². The van der Waals surface area contributed by atoms with Gasteiger partial charge in [-0.25, -0.2) is 8.78 Å². The molecule has 0 aliphatic rings. The van der Waals surface area contributed by atoms with Gasteiger partial charge in [-0.15, -0.1) is 0 Å². The van der Waals surface area contributed by atoms with Crippen LogP contribution in [0.4, 0.5) is 8.78 Å². The molecule has 3 nitrogen and oxygen atoms in total. The first-order chi connectivity index (χ1) is 6.15. The molecule has 5 heteroatoms. The van der Waals surface area contributed by atoms with Crippen LogP contribution in [0.3, 0.4) is 0 Å². The molecule has 13 heavy (non-hydrogen) atoms. The molecule has 72 valence electrons. The van der Waals surface area contributed by atoms with Crippen LogP contribution in [-0.2, 0) is 0 Å². The van der Waals surface area contributed by atoms with E-state index in [4.69, 9.17) is 9.84 Å². The van der Waals surface area contributed by atoms with Crippen LogP contribution in [0.5, 0.6) is 5.75 Å². The molecule has 0 aromatic carbocycles. The van der Waals surface area contributed by atoms with Gasteiger partial charge in [-0.05, 0) is 6.07 Å². The van der Waals surface area contributed by atoms with E-state index in [1.165, 1.54) is 25.6 Å². The number of pyridine rings is 1. The van der Waals surface area contributed by atoms with Gasteiger partial charge in [-0.1, -0.05) is 0 Å². The third-order valence-corrected chi connectivity index (χ3v) is 1.55. The second kappa shape index (κ2) is 4.13. The predicted octanol–water partition coefficient (Wildman–Crippen LogP) is 1.39. The Labute approximate surface area is 74.0 Å². The zero-order chi connectivity index (χ0) is 9.84. The maximum atomic E-state index is 12.0. The Hall–Kier alpha value is -1.23. The lowest BCUT2D eigenvalue weighted by Gasteiger charge is -2.09. The molecule has 1 aromatic rings. The van der Waals surface area contributed by atoms with Gasteiger partial charge in [0.1, 0.15) is 11.9 Å². The average Bonchev–Trinajstić information content (AvgIpc) is 2.16. The zero-order valence-corrected chi connectivity index (χ0v) is 6.95. The summed E-state index contributed by atoms with van der Waals surface area (Å²) in [5.74, 6) is 0.345. The standard InChI is InChI=1S/C8H9F2NO2/c1-13-6-2-5(3-11-4-6)7(12)8(9)10/h2-4,7-8,12H,1H3. The second-order valence-corrected chi connectivity index (χ2v) is 2.44. The maximum Gasteiger partial charge on any atom is 0.268 e. The molecule has 0 saturated carbocycles. The number of ether oxygens (including phenoxy) is 1. The largest absolute Gasteiger partial charge is 0.495 e. The number of aromatic nitrogens is 1. The lowest BCUT2D eigenvalue weighted by atomic mass is 10.2. The molecule has 1 heterocycles. The highest BCUT2D eigenvalue weighted by Gasteiger charge is 2.19. The van der Waals surface area contributed by atoms with Crippen LogP contribution >= 0.6 is 0 Å². The van der Waals surface area contributed by atoms with Crippen molar-refractivity contribution in [1.82, 2.24) is 4.98 Å². The molecule has 1 aromatic heterocycles. The molecule has 1 rings (SSSR count). The lowest BCUT2D eigenvalue weighted by Crippen LogP contribution is -2.08. The van der Waals surface area contributed by atoms with E-state index in [0.717, 1.165) is 0 Å². The summed E-state index contributed by atoms with van der Waals surface area (Å²) in [5, 5.41) is 8.97. The van der Waals surface area contributed by atoms with Crippen molar-refractivity contribution in [2.45, 2.75) is 12.5 Å². The van der Waals surface area contributed by atoms with Crippen molar-refractivity contribution in [3.8, 4) is 5.75 Å². The quantitative estimate of drug-likeness (QED) is 0.781. The highest BCUT2D eigenvalue weighted by atomic mass is 19.3. The molecule has 0 radical (unpaired) electrons. The number of aliphatic hydroxyl groups excluding tert-OH is 1. The summed E-state index contributed by atoms with van der Waals surface area (Å²) in [7, 11) is 1.40. The minimum absolute atomic E-state index is 0.0503. The van der Waals surface area contributed by atoms with Crippen molar-refractivity contribution in [2.24, 2.45) is 0 Å². The highest BCUT2D eigenvalue weighted by Crippen LogP contribution is 2.22. The van der Waals surface area contributed by atoms with Gasteiger partial charge in [-0.3, -0.25) is 4.98 Å². The maximum absolute atomic E-state index is 12.0. The molecule has 1 unspecified atom stereocenters. The first-order valence-corrected chi connectivity index (χ1v) is 3.60. The van der Waals surface area contributed by atoms with Crippen LogP contribution in [0.2, 0.25) is 0 Å². The molecule has 0 aliphatic carbocycles. The van der Waals surface area contributed by atoms with Gasteiger partial charge < -0.3 is 9.84 Å². The fraction of sp³-hybridized carbons (Fsp3) is 0.375. The first kappa shape index (κ1) is 9.85. The van der Waals surface area contributed by atoms with Crippen LogP contribution < -0.4 is 4.74 Å². The Balaban J connectivity index is 2.88. The van der Waals surface area contributed by atoms with Crippen LogP contribution in [0.1, 0.15) is 11.7 Å². The van der Waals surface area contributed by atoms with Crippen LogP contribution in [0.25, 0.3) is 0 Å². The van der Waals surface area contributed by atoms with Gasteiger partial charge in [0.05, 0.1) is 13.3 Å². The fourth-order valence-corrected chi connectivity index (χ4v) is 0.854. The number of hydrogen-bond acceptors (Lipinski definition) is 3. The van der Waals surface area contributed by atoms with Crippen molar-refractivity contribution >= 4 is 0 Å². The molecule has 0 saturated heterocycles.